The molecule has 152 valence electrons. The molecule has 2 atom stereocenters. The number of hydrogen-bond acceptors (Lipinski definition) is 5. The molecule has 2 bridgehead atoms. The number of carbonyl (C=O) groups excluding carboxylic acids is 1. The molecule has 0 radical (unpaired) electrons. The Morgan fingerprint density at radius 1 is 1.14 bits per heavy atom. The van der Waals surface area contributed by atoms with Crippen LogP contribution in [0.1, 0.15) is 40.9 Å². The van der Waals surface area contributed by atoms with Gasteiger partial charge in [0.1, 0.15) is 0 Å². The van der Waals surface area contributed by atoms with E-state index in [0.717, 1.165) is 42.6 Å². The second-order valence-corrected chi connectivity index (χ2v) is 8.05. The van der Waals surface area contributed by atoms with Crippen molar-refractivity contribution in [1.29, 1.82) is 0 Å². The van der Waals surface area contributed by atoms with Crippen LogP contribution in [0.15, 0.2) is 34.9 Å². The molecule has 7 heteroatoms. The fourth-order valence-electron chi connectivity index (χ4n) is 4.43. The molecule has 2 aromatic heterocycles. The number of halogens is 1. The lowest BCUT2D eigenvalue weighted by Gasteiger charge is -2.24. The highest BCUT2D eigenvalue weighted by Gasteiger charge is 2.32. The van der Waals surface area contributed by atoms with E-state index >= 15 is 0 Å². The standard InChI is InChI=1S/C22H24N4O2.ClH/c1-13-3-5-15(6-4-13)19-11-18(20-14(2)25-28-21(20)24-19)22(27)26-10-9-16-7-8-17(12-26)23-16;/h3-6,11,16-17,23H,7-10,12H2,1-2H3;1H. The van der Waals surface area contributed by atoms with Crippen LogP contribution in [0.25, 0.3) is 22.4 Å². The van der Waals surface area contributed by atoms with Gasteiger partial charge >= 0.3 is 0 Å². The van der Waals surface area contributed by atoms with E-state index in [-0.39, 0.29) is 18.3 Å². The average Bonchev–Trinajstić information content (AvgIpc) is 3.23. The number of pyridine rings is 1. The highest BCUT2D eigenvalue weighted by Crippen LogP contribution is 2.29. The molecule has 1 aromatic carbocycles. The van der Waals surface area contributed by atoms with Crippen molar-refractivity contribution in [2.24, 2.45) is 0 Å². The highest BCUT2D eigenvalue weighted by molar-refractivity contribution is 6.07. The summed E-state index contributed by atoms with van der Waals surface area (Å²) in [5, 5.41) is 8.43. The number of likely N-dealkylation sites (tertiary alicyclic amines) is 1. The van der Waals surface area contributed by atoms with Crippen LogP contribution in [-0.2, 0) is 0 Å². The number of benzene rings is 1. The van der Waals surface area contributed by atoms with Gasteiger partial charge < -0.3 is 14.7 Å². The molecular formula is C22H25ClN4O2. The smallest absolute Gasteiger partial charge is 0.259 e. The van der Waals surface area contributed by atoms with Crippen LogP contribution < -0.4 is 5.32 Å². The Morgan fingerprint density at radius 3 is 2.69 bits per heavy atom. The summed E-state index contributed by atoms with van der Waals surface area (Å²) in [6, 6.07) is 11.0. The van der Waals surface area contributed by atoms with Crippen molar-refractivity contribution in [2.75, 3.05) is 13.1 Å². The number of hydrogen-bond donors (Lipinski definition) is 1. The van der Waals surface area contributed by atoms with E-state index in [9.17, 15) is 4.79 Å². The Bertz CT molecular complexity index is 1050. The fourth-order valence-corrected chi connectivity index (χ4v) is 4.43. The second kappa shape index (κ2) is 7.76. The third-order valence-electron chi connectivity index (χ3n) is 6.01. The maximum atomic E-state index is 13.5. The van der Waals surface area contributed by atoms with Gasteiger partial charge in [0.2, 0.25) is 0 Å². The summed E-state index contributed by atoms with van der Waals surface area (Å²) in [5.74, 6) is 0.0430. The van der Waals surface area contributed by atoms with Crippen LogP contribution in [0.3, 0.4) is 0 Å². The molecule has 2 fully saturated rings. The summed E-state index contributed by atoms with van der Waals surface area (Å²) in [6.45, 7) is 5.45. The summed E-state index contributed by atoms with van der Waals surface area (Å²) in [4.78, 5) is 20.1. The van der Waals surface area contributed by atoms with Crippen molar-refractivity contribution in [2.45, 2.75) is 45.2 Å². The van der Waals surface area contributed by atoms with Gasteiger partial charge in [-0.15, -0.1) is 12.4 Å². The number of rotatable bonds is 2. The van der Waals surface area contributed by atoms with E-state index in [0.29, 0.717) is 29.1 Å². The van der Waals surface area contributed by atoms with Crippen molar-refractivity contribution in [1.82, 2.24) is 20.4 Å². The molecule has 1 N–H and O–H groups in total. The molecule has 4 heterocycles. The van der Waals surface area contributed by atoms with Crippen LogP contribution >= 0.6 is 12.4 Å². The van der Waals surface area contributed by atoms with Crippen molar-refractivity contribution >= 4 is 29.4 Å². The Labute approximate surface area is 176 Å². The van der Waals surface area contributed by atoms with Gasteiger partial charge in [-0.25, -0.2) is 4.98 Å². The van der Waals surface area contributed by atoms with Crippen LogP contribution in [0.4, 0.5) is 0 Å². The Kier molecular flexibility index (Phi) is 5.32. The lowest BCUT2D eigenvalue weighted by molar-refractivity contribution is 0.0750. The normalized spacial score (nSPS) is 21.1. The van der Waals surface area contributed by atoms with Gasteiger partial charge in [-0.3, -0.25) is 4.79 Å². The van der Waals surface area contributed by atoms with E-state index in [2.05, 4.69) is 22.4 Å². The summed E-state index contributed by atoms with van der Waals surface area (Å²) in [5.41, 5.74) is 4.65. The first kappa shape index (κ1) is 19.9. The zero-order valence-electron chi connectivity index (χ0n) is 16.6. The molecule has 3 aromatic rings. The molecule has 5 rings (SSSR count). The van der Waals surface area contributed by atoms with Gasteiger partial charge in [0.05, 0.1) is 22.3 Å². The van der Waals surface area contributed by atoms with Gasteiger partial charge in [-0.05, 0) is 39.2 Å². The monoisotopic (exact) mass is 412 g/mol. The molecule has 2 unspecified atom stereocenters. The highest BCUT2D eigenvalue weighted by atomic mass is 35.5. The summed E-state index contributed by atoms with van der Waals surface area (Å²) in [7, 11) is 0. The quantitative estimate of drug-likeness (QED) is 0.691. The van der Waals surface area contributed by atoms with E-state index in [1.165, 1.54) is 12.0 Å². The zero-order valence-corrected chi connectivity index (χ0v) is 17.5. The lowest BCUT2D eigenvalue weighted by atomic mass is 10.0. The number of amides is 1. The maximum absolute atomic E-state index is 13.5. The number of fused-ring (bicyclic) bond motifs is 3. The molecule has 2 aliphatic rings. The topological polar surface area (TPSA) is 71.3 Å². The first-order valence-electron chi connectivity index (χ1n) is 9.98. The minimum atomic E-state index is 0. The molecule has 0 spiro atoms. The first-order valence-corrected chi connectivity index (χ1v) is 9.98. The lowest BCUT2D eigenvalue weighted by Crippen LogP contribution is -2.39. The van der Waals surface area contributed by atoms with Gasteiger partial charge in [0.15, 0.2) is 0 Å². The molecule has 2 saturated heterocycles. The number of carbonyl (C=O) groups is 1. The number of nitrogens with one attached hydrogen (secondary N) is 1. The van der Waals surface area contributed by atoms with E-state index < -0.39 is 0 Å². The number of aromatic nitrogens is 2. The number of aryl methyl sites for hydroxylation is 2. The van der Waals surface area contributed by atoms with Crippen molar-refractivity contribution < 1.29 is 9.32 Å². The Hall–Kier alpha value is -2.44. The first-order chi connectivity index (χ1) is 13.6. The van der Waals surface area contributed by atoms with Crippen LogP contribution in [0.2, 0.25) is 0 Å². The number of nitrogens with zero attached hydrogens (tertiary/aromatic N) is 3. The molecule has 0 saturated carbocycles. The molecule has 2 aliphatic heterocycles. The summed E-state index contributed by atoms with van der Waals surface area (Å²) < 4.78 is 5.44. The average molecular weight is 413 g/mol. The summed E-state index contributed by atoms with van der Waals surface area (Å²) >= 11 is 0. The maximum Gasteiger partial charge on any atom is 0.259 e. The molecule has 29 heavy (non-hydrogen) atoms. The third-order valence-corrected chi connectivity index (χ3v) is 6.01. The Balaban J connectivity index is 0.00000205. The van der Waals surface area contributed by atoms with Gasteiger partial charge in [0, 0.05) is 30.7 Å². The summed E-state index contributed by atoms with van der Waals surface area (Å²) in [6.07, 6.45) is 3.36. The predicted octanol–water partition coefficient (Wildman–Crippen LogP) is 3.89. The second-order valence-electron chi connectivity index (χ2n) is 8.05. The van der Waals surface area contributed by atoms with Crippen molar-refractivity contribution in [3.8, 4) is 11.3 Å². The fraction of sp³-hybridized carbons (Fsp3) is 0.409. The van der Waals surface area contributed by atoms with E-state index in [1.54, 1.807) is 0 Å². The zero-order chi connectivity index (χ0) is 19.3. The Morgan fingerprint density at radius 2 is 1.90 bits per heavy atom. The minimum absolute atomic E-state index is 0. The SMILES string of the molecule is Cc1ccc(-c2cc(C(=O)N3CCC4CCC(C3)N4)c3c(C)noc3n2)cc1.Cl. The van der Waals surface area contributed by atoms with Gasteiger partial charge in [0.25, 0.3) is 11.6 Å². The molecular weight excluding hydrogens is 388 g/mol. The van der Waals surface area contributed by atoms with Crippen molar-refractivity contribution in [3.63, 3.8) is 0 Å². The third kappa shape index (κ3) is 3.63. The van der Waals surface area contributed by atoms with Gasteiger partial charge in [-0.2, -0.15) is 0 Å². The molecule has 0 aliphatic carbocycles. The largest absolute Gasteiger partial charge is 0.337 e. The van der Waals surface area contributed by atoms with E-state index in [1.807, 2.05) is 42.2 Å². The molecule has 1 amide bonds. The van der Waals surface area contributed by atoms with Crippen LogP contribution in [0, 0.1) is 13.8 Å². The van der Waals surface area contributed by atoms with Crippen LogP contribution in [0.5, 0.6) is 0 Å². The van der Waals surface area contributed by atoms with Crippen LogP contribution in [-0.4, -0.2) is 46.1 Å². The van der Waals surface area contributed by atoms with Gasteiger partial charge in [-0.1, -0.05) is 35.0 Å². The van der Waals surface area contributed by atoms with Crippen molar-refractivity contribution in [3.05, 3.63) is 47.2 Å². The van der Waals surface area contributed by atoms with E-state index in [4.69, 9.17) is 4.52 Å². The minimum Gasteiger partial charge on any atom is -0.337 e. The molecule has 6 nitrogen and oxygen atoms in total. The predicted molar refractivity (Wildman–Crippen MR) is 114 cm³/mol.